The zero-order valence-electron chi connectivity index (χ0n) is 16.4. The molecule has 154 valence electrons. The van der Waals surface area contributed by atoms with Gasteiger partial charge in [0.25, 0.3) is 5.91 Å². The molecular formula is C22H20ClN3O3S. The molecule has 8 heteroatoms. The number of esters is 1. The Morgan fingerprint density at radius 1 is 1.27 bits per heavy atom. The highest BCUT2D eigenvalue weighted by molar-refractivity contribution is 7.16. The first kappa shape index (κ1) is 20.5. The van der Waals surface area contributed by atoms with Crippen molar-refractivity contribution in [3.8, 4) is 6.07 Å². The van der Waals surface area contributed by atoms with Gasteiger partial charge in [-0.3, -0.25) is 4.79 Å². The molecule has 1 unspecified atom stereocenters. The number of fused-ring (bicyclic) bond motifs is 2. The molecule has 2 aromatic heterocycles. The molecular weight excluding hydrogens is 422 g/mol. The first-order chi connectivity index (χ1) is 14.5. The molecule has 1 aliphatic rings. The predicted molar refractivity (Wildman–Crippen MR) is 117 cm³/mol. The number of hydrogen-bond acceptors (Lipinski definition) is 5. The van der Waals surface area contributed by atoms with E-state index >= 15 is 0 Å². The molecule has 0 fully saturated rings. The van der Waals surface area contributed by atoms with Crippen molar-refractivity contribution >= 4 is 50.7 Å². The van der Waals surface area contributed by atoms with Gasteiger partial charge in [-0.2, -0.15) is 5.26 Å². The molecule has 0 saturated carbocycles. The van der Waals surface area contributed by atoms with Crippen molar-refractivity contribution in [1.29, 1.82) is 5.26 Å². The molecule has 1 aliphatic carbocycles. The predicted octanol–water partition coefficient (Wildman–Crippen LogP) is 5.21. The minimum absolute atomic E-state index is 0.109. The first-order valence-electron chi connectivity index (χ1n) is 9.82. The summed E-state index contributed by atoms with van der Waals surface area (Å²) in [4.78, 5) is 29.3. The number of hydrogen-bond donors (Lipinski definition) is 2. The van der Waals surface area contributed by atoms with E-state index in [0.717, 1.165) is 42.5 Å². The minimum atomic E-state index is -1.05. The first-order valence-corrected chi connectivity index (χ1v) is 11.0. The van der Waals surface area contributed by atoms with E-state index in [1.165, 1.54) is 18.3 Å². The zero-order valence-corrected chi connectivity index (χ0v) is 18.0. The molecule has 0 radical (unpaired) electrons. The van der Waals surface area contributed by atoms with Crippen LogP contribution in [0.3, 0.4) is 0 Å². The van der Waals surface area contributed by atoms with Gasteiger partial charge in [0.05, 0.1) is 10.6 Å². The molecule has 1 aromatic carbocycles. The average molecular weight is 442 g/mol. The van der Waals surface area contributed by atoms with E-state index in [9.17, 15) is 14.9 Å². The van der Waals surface area contributed by atoms with Gasteiger partial charge in [0, 0.05) is 15.8 Å². The lowest BCUT2D eigenvalue weighted by atomic mass is 10.1. The fourth-order valence-electron chi connectivity index (χ4n) is 3.68. The van der Waals surface area contributed by atoms with Crippen LogP contribution in [-0.4, -0.2) is 23.0 Å². The summed E-state index contributed by atoms with van der Waals surface area (Å²) in [5.74, 6) is -1.19. The van der Waals surface area contributed by atoms with Gasteiger partial charge in [-0.15, -0.1) is 11.3 Å². The van der Waals surface area contributed by atoms with E-state index in [4.69, 9.17) is 16.3 Å². The van der Waals surface area contributed by atoms with E-state index in [1.54, 1.807) is 12.1 Å². The van der Waals surface area contributed by atoms with E-state index in [0.29, 0.717) is 21.5 Å². The quantitative estimate of drug-likeness (QED) is 0.429. The molecule has 0 aliphatic heterocycles. The van der Waals surface area contributed by atoms with Gasteiger partial charge in [-0.1, -0.05) is 36.2 Å². The Kier molecular flexibility index (Phi) is 5.80. The normalized spacial score (nSPS) is 14.4. The van der Waals surface area contributed by atoms with E-state index in [-0.39, 0.29) is 10.7 Å². The van der Waals surface area contributed by atoms with Crippen molar-refractivity contribution in [1.82, 2.24) is 4.98 Å². The van der Waals surface area contributed by atoms with Gasteiger partial charge >= 0.3 is 5.97 Å². The molecule has 2 N–H and O–H groups in total. The SMILES string of the molecule is CC(OC(=O)c1[nH]c2ccccc2c1Cl)C(=O)Nc1sc2c(c1C#N)CCCCC2. The number of H-pyrrole nitrogens is 1. The van der Waals surface area contributed by atoms with Gasteiger partial charge < -0.3 is 15.0 Å². The van der Waals surface area contributed by atoms with Crippen molar-refractivity contribution < 1.29 is 14.3 Å². The number of nitrogens with zero attached hydrogens (tertiary/aromatic N) is 1. The number of aromatic nitrogens is 1. The Bertz CT molecular complexity index is 1170. The summed E-state index contributed by atoms with van der Waals surface area (Å²) < 4.78 is 5.33. The van der Waals surface area contributed by atoms with Crippen LogP contribution in [0.5, 0.6) is 0 Å². The summed E-state index contributed by atoms with van der Waals surface area (Å²) in [6, 6.07) is 9.48. The summed E-state index contributed by atoms with van der Waals surface area (Å²) in [6.45, 7) is 1.49. The van der Waals surface area contributed by atoms with Gasteiger partial charge in [0.2, 0.25) is 0 Å². The number of ether oxygens (including phenoxy) is 1. The van der Waals surface area contributed by atoms with Crippen LogP contribution < -0.4 is 5.32 Å². The number of halogens is 1. The number of para-hydroxylation sites is 1. The molecule has 6 nitrogen and oxygen atoms in total. The summed E-state index contributed by atoms with van der Waals surface area (Å²) in [7, 11) is 0. The third-order valence-corrected chi connectivity index (χ3v) is 6.87. The lowest BCUT2D eigenvalue weighted by molar-refractivity contribution is -0.123. The lowest BCUT2D eigenvalue weighted by Crippen LogP contribution is -2.30. The van der Waals surface area contributed by atoms with E-state index < -0.39 is 18.0 Å². The number of nitrogens with one attached hydrogen (secondary N) is 2. The average Bonchev–Trinajstić information content (AvgIpc) is 3.15. The van der Waals surface area contributed by atoms with Gasteiger partial charge in [-0.05, 0) is 44.2 Å². The fraction of sp³-hybridized carbons (Fsp3) is 0.318. The van der Waals surface area contributed by atoms with Crippen molar-refractivity contribution in [3.63, 3.8) is 0 Å². The van der Waals surface area contributed by atoms with Crippen molar-refractivity contribution in [2.45, 2.75) is 45.1 Å². The lowest BCUT2D eigenvalue weighted by Gasteiger charge is -2.12. The summed E-state index contributed by atoms with van der Waals surface area (Å²) in [6.07, 6.45) is 4.02. The number of rotatable bonds is 4. The number of aryl methyl sites for hydroxylation is 1. The Hall–Kier alpha value is -2.82. The largest absolute Gasteiger partial charge is 0.448 e. The van der Waals surface area contributed by atoms with Crippen molar-refractivity contribution in [2.75, 3.05) is 5.32 Å². The second-order valence-corrected chi connectivity index (χ2v) is 8.76. The monoisotopic (exact) mass is 441 g/mol. The van der Waals surface area contributed by atoms with Crippen LogP contribution in [0.4, 0.5) is 5.00 Å². The Morgan fingerprint density at radius 2 is 2.03 bits per heavy atom. The van der Waals surface area contributed by atoms with Crippen LogP contribution >= 0.6 is 22.9 Å². The van der Waals surface area contributed by atoms with Gasteiger partial charge in [-0.25, -0.2) is 4.79 Å². The van der Waals surface area contributed by atoms with Crippen molar-refractivity contribution in [2.24, 2.45) is 0 Å². The number of carbonyl (C=O) groups excluding carboxylic acids is 2. The Morgan fingerprint density at radius 3 is 2.80 bits per heavy atom. The van der Waals surface area contributed by atoms with Crippen LogP contribution in [0.25, 0.3) is 10.9 Å². The minimum Gasteiger partial charge on any atom is -0.448 e. The second kappa shape index (κ2) is 8.50. The highest BCUT2D eigenvalue weighted by Crippen LogP contribution is 2.37. The Balaban J connectivity index is 1.48. The van der Waals surface area contributed by atoms with Crippen LogP contribution in [0.15, 0.2) is 24.3 Å². The maximum atomic E-state index is 12.7. The molecule has 0 bridgehead atoms. The van der Waals surface area contributed by atoms with Crippen LogP contribution in [-0.2, 0) is 22.4 Å². The topological polar surface area (TPSA) is 95.0 Å². The number of aromatic amines is 1. The number of nitriles is 1. The number of anilines is 1. The molecule has 0 saturated heterocycles. The zero-order chi connectivity index (χ0) is 21.3. The molecule has 30 heavy (non-hydrogen) atoms. The molecule has 1 amide bonds. The van der Waals surface area contributed by atoms with Crippen LogP contribution in [0, 0.1) is 11.3 Å². The number of carbonyl (C=O) groups is 2. The van der Waals surface area contributed by atoms with E-state index in [1.807, 2.05) is 12.1 Å². The van der Waals surface area contributed by atoms with E-state index in [2.05, 4.69) is 16.4 Å². The number of benzene rings is 1. The summed E-state index contributed by atoms with van der Waals surface area (Å²) >= 11 is 7.73. The van der Waals surface area contributed by atoms with Crippen LogP contribution in [0.2, 0.25) is 5.02 Å². The molecule has 2 heterocycles. The number of amides is 1. The maximum absolute atomic E-state index is 12.7. The van der Waals surface area contributed by atoms with Gasteiger partial charge in [0.15, 0.2) is 6.10 Å². The van der Waals surface area contributed by atoms with Crippen molar-refractivity contribution in [3.05, 3.63) is 51.0 Å². The van der Waals surface area contributed by atoms with Crippen LogP contribution in [0.1, 0.15) is 52.7 Å². The second-order valence-electron chi connectivity index (χ2n) is 7.28. The molecule has 4 rings (SSSR count). The third kappa shape index (κ3) is 3.81. The Labute approximate surface area is 182 Å². The maximum Gasteiger partial charge on any atom is 0.357 e. The number of thiophene rings is 1. The molecule has 3 aromatic rings. The third-order valence-electron chi connectivity index (χ3n) is 5.27. The molecule has 0 spiro atoms. The summed E-state index contributed by atoms with van der Waals surface area (Å²) in [5.41, 5.74) is 2.40. The smallest absolute Gasteiger partial charge is 0.357 e. The fourth-order valence-corrected chi connectivity index (χ4v) is 5.22. The summed E-state index contributed by atoms with van der Waals surface area (Å²) in [5, 5.41) is 13.9. The highest BCUT2D eigenvalue weighted by Gasteiger charge is 2.26. The highest BCUT2D eigenvalue weighted by atomic mass is 35.5. The van der Waals surface area contributed by atoms with Gasteiger partial charge in [0.1, 0.15) is 16.8 Å². The standard InChI is InChI=1S/C22H20ClN3O3S/c1-12(29-22(28)19-18(23)14-8-5-6-9-16(14)25-19)20(27)26-21-15(11-24)13-7-3-2-4-10-17(13)30-21/h5-6,8-9,12,25H,2-4,7,10H2,1H3,(H,26,27). The molecule has 1 atom stereocenters.